The fourth-order valence-electron chi connectivity index (χ4n) is 4.21. The fraction of sp³-hybridized carbons (Fsp3) is 0.250. The summed E-state index contributed by atoms with van der Waals surface area (Å²) < 4.78 is 1.73. The van der Waals surface area contributed by atoms with E-state index in [0.717, 1.165) is 32.6 Å². The molecule has 7 nitrogen and oxygen atoms in total. The molecule has 0 saturated carbocycles. The van der Waals surface area contributed by atoms with Crippen molar-refractivity contribution in [1.29, 1.82) is 0 Å². The molecular weight excluding hydrogens is 460 g/mol. The van der Waals surface area contributed by atoms with Crippen molar-refractivity contribution in [2.24, 2.45) is 0 Å². The summed E-state index contributed by atoms with van der Waals surface area (Å²) in [5, 5.41) is 1.59. The number of aromatic nitrogens is 1. The van der Waals surface area contributed by atoms with Crippen LogP contribution in [0.5, 0.6) is 0 Å². The van der Waals surface area contributed by atoms with E-state index in [1.54, 1.807) is 35.0 Å². The smallest absolute Gasteiger partial charge is 0.330 e. The summed E-state index contributed by atoms with van der Waals surface area (Å²) in [6.07, 6.45) is 0.199. The molecule has 9 heteroatoms. The van der Waals surface area contributed by atoms with Gasteiger partial charge in [-0.05, 0) is 12.1 Å². The molecule has 1 unspecified atom stereocenters. The maximum atomic E-state index is 12.7. The summed E-state index contributed by atoms with van der Waals surface area (Å²) in [7, 11) is 0. The third-order valence-electron chi connectivity index (χ3n) is 5.61. The number of carbonyl (C=O) groups excluding carboxylic acids is 4. The van der Waals surface area contributed by atoms with Gasteiger partial charge in [0.05, 0.1) is 22.2 Å². The van der Waals surface area contributed by atoms with Gasteiger partial charge in [-0.15, -0.1) is 28.6 Å². The predicted octanol–water partition coefficient (Wildman–Crippen LogP) is 4.80. The maximum Gasteiger partial charge on any atom is 0.334 e. The van der Waals surface area contributed by atoms with E-state index in [2.05, 4.69) is 0 Å². The lowest BCUT2D eigenvalue weighted by atomic mass is 10.1. The largest absolute Gasteiger partial charge is 0.334 e. The topological polar surface area (TPSA) is 85.7 Å². The highest BCUT2D eigenvalue weighted by Gasteiger charge is 2.34. The Morgan fingerprint density at radius 1 is 1.06 bits per heavy atom. The van der Waals surface area contributed by atoms with Crippen LogP contribution in [0.4, 0.5) is 0 Å². The van der Waals surface area contributed by atoms with Crippen LogP contribution in [0.25, 0.3) is 22.2 Å². The minimum atomic E-state index is -0.612. The van der Waals surface area contributed by atoms with Crippen molar-refractivity contribution in [2.75, 3.05) is 5.75 Å². The van der Waals surface area contributed by atoms with Crippen LogP contribution in [-0.2, 0) is 19.2 Å². The number of thioether (sulfide) groups is 2. The number of rotatable bonds is 5. The van der Waals surface area contributed by atoms with Crippen LogP contribution < -0.4 is 0 Å². The second kappa shape index (κ2) is 8.72. The molecule has 168 valence electrons. The molecule has 0 aliphatic carbocycles. The molecule has 3 heterocycles. The third kappa shape index (κ3) is 3.85. The molecule has 0 spiro atoms. The summed E-state index contributed by atoms with van der Waals surface area (Å²) in [5.41, 5.74) is 3.84. The minimum Gasteiger partial charge on any atom is -0.330 e. The van der Waals surface area contributed by atoms with Gasteiger partial charge in [0.1, 0.15) is 0 Å². The summed E-state index contributed by atoms with van der Waals surface area (Å²) in [6.45, 7) is 1.57. The number of amides is 2. The Balaban J connectivity index is 1.42. The first-order chi connectivity index (χ1) is 16.0. The van der Waals surface area contributed by atoms with Crippen LogP contribution in [-0.4, -0.2) is 39.1 Å². The number of nitrogens with zero attached hydrogens (tertiary/aromatic N) is 2. The molecule has 1 atom stereocenters. The molecule has 1 aromatic heterocycles. The highest BCUT2D eigenvalue weighted by atomic mass is 32.2. The summed E-state index contributed by atoms with van der Waals surface area (Å²) in [4.78, 5) is 54.3. The number of imide groups is 1. The zero-order valence-electron chi connectivity index (χ0n) is 17.8. The lowest BCUT2D eigenvalue weighted by Crippen LogP contribution is -2.32. The number of hydrogen-bond donors (Lipinski definition) is 0. The second-order valence-electron chi connectivity index (χ2n) is 7.75. The minimum absolute atomic E-state index is 0.0387. The molecule has 5 rings (SSSR count). The molecule has 2 aromatic carbocycles. The molecular formula is C24H20N2O5S2. The molecule has 1 saturated heterocycles. The summed E-state index contributed by atoms with van der Waals surface area (Å²) >= 11 is 3.27. The van der Waals surface area contributed by atoms with Gasteiger partial charge in [0.2, 0.25) is 5.91 Å². The standard InChI is InChI=1S/C24H20N2O5S2/c1-14(27)25-17-8-4-2-6-15(17)22-23(25)16-7-3-5-9-18(16)33-24(22)32-13-12-21(30)31-26-19(28)10-11-20(26)29/h2-9,24H,10-13H2,1H3. The van der Waals surface area contributed by atoms with Crippen LogP contribution in [0, 0.1) is 0 Å². The van der Waals surface area contributed by atoms with Crippen molar-refractivity contribution >= 4 is 58.1 Å². The Morgan fingerprint density at radius 3 is 2.52 bits per heavy atom. The monoisotopic (exact) mass is 480 g/mol. The Bertz CT molecular complexity index is 1300. The van der Waals surface area contributed by atoms with Gasteiger partial charge in [0.25, 0.3) is 11.8 Å². The highest BCUT2D eigenvalue weighted by Crippen LogP contribution is 2.56. The Hall–Kier alpha value is -3.04. The van der Waals surface area contributed by atoms with Crippen LogP contribution in [0.3, 0.4) is 0 Å². The van der Waals surface area contributed by atoms with E-state index in [1.165, 1.54) is 0 Å². The molecule has 2 aliphatic rings. The van der Waals surface area contributed by atoms with Gasteiger partial charge >= 0.3 is 5.97 Å². The van der Waals surface area contributed by atoms with Crippen molar-refractivity contribution in [1.82, 2.24) is 9.63 Å². The highest BCUT2D eigenvalue weighted by molar-refractivity contribution is 8.16. The number of benzene rings is 2. The van der Waals surface area contributed by atoms with Crippen LogP contribution in [0.2, 0.25) is 0 Å². The van der Waals surface area contributed by atoms with Crippen LogP contribution in [0.15, 0.2) is 53.4 Å². The molecule has 0 radical (unpaired) electrons. The number of hydrogen-bond acceptors (Lipinski definition) is 7. The van der Waals surface area contributed by atoms with E-state index in [0.29, 0.717) is 10.8 Å². The van der Waals surface area contributed by atoms with Gasteiger partial charge in [-0.25, -0.2) is 4.79 Å². The average Bonchev–Trinajstić information content (AvgIpc) is 3.32. The summed E-state index contributed by atoms with van der Waals surface area (Å²) in [6, 6.07) is 15.9. The van der Waals surface area contributed by atoms with E-state index in [4.69, 9.17) is 4.84 Å². The van der Waals surface area contributed by atoms with Crippen molar-refractivity contribution in [3.63, 3.8) is 0 Å². The van der Waals surface area contributed by atoms with Gasteiger partial charge < -0.3 is 4.84 Å². The Labute approximate surface area is 198 Å². The van der Waals surface area contributed by atoms with Crippen LogP contribution >= 0.6 is 23.5 Å². The van der Waals surface area contributed by atoms with E-state index >= 15 is 0 Å². The van der Waals surface area contributed by atoms with Gasteiger partial charge in [0, 0.05) is 46.9 Å². The normalized spacial score (nSPS) is 17.2. The third-order valence-corrected chi connectivity index (χ3v) is 8.35. The lowest BCUT2D eigenvalue weighted by Gasteiger charge is -2.25. The van der Waals surface area contributed by atoms with Crippen molar-refractivity contribution in [2.45, 2.75) is 35.7 Å². The predicted molar refractivity (Wildman–Crippen MR) is 127 cm³/mol. The van der Waals surface area contributed by atoms with Gasteiger partial charge in [0.15, 0.2) is 0 Å². The molecule has 3 aromatic rings. The van der Waals surface area contributed by atoms with Gasteiger partial charge in [-0.2, -0.15) is 0 Å². The van der Waals surface area contributed by atoms with Crippen LogP contribution in [0.1, 0.15) is 41.1 Å². The van der Waals surface area contributed by atoms with Crippen molar-refractivity contribution < 1.29 is 24.0 Å². The van der Waals surface area contributed by atoms with Gasteiger partial charge in [-0.1, -0.05) is 36.4 Å². The molecule has 1 fully saturated rings. The zero-order chi connectivity index (χ0) is 23.1. The first-order valence-electron chi connectivity index (χ1n) is 10.5. The van der Waals surface area contributed by atoms with E-state index in [1.807, 2.05) is 48.5 Å². The summed E-state index contributed by atoms with van der Waals surface area (Å²) in [5.74, 6) is -1.20. The molecule has 0 bridgehead atoms. The van der Waals surface area contributed by atoms with Gasteiger partial charge in [-0.3, -0.25) is 19.0 Å². The first-order valence-corrected chi connectivity index (χ1v) is 12.5. The van der Waals surface area contributed by atoms with Crippen molar-refractivity contribution in [3.8, 4) is 11.3 Å². The number of para-hydroxylation sites is 1. The quantitative estimate of drug-likeness (QED) is 0.485. The number of carbonyl (C=O) groups is 4. The molecule has 0 N–H and O–H groups in total. The number of fused-ring (bicyclic) bond motifs is 5. The maximum absolute atomic E-state index is 12.7. The molecule has 33 heavy (non-hydrogen) atoms. The van der Waals surface area contributed by atoms with Crippen molar-refractivity contribution in [3.05, 3.63) is 54.1 Å². The van der Waals surface area contributed by atoms with E-state index < -0.39 is 17.8 Å². The van der Waals surface area contributed by atoms with E-state index in [-0.39, 0.29) is 29.8 Å². The first kappa shape index (κ1) is 21.8. The lowest BCUT2D eigenvalue weighted by molar-refractivity contribution is -0.197. The Kier molecular flexibility index (Phi) is 5.76. The molecule has 2 amide bonds. The fourth-order valence-corrected chi connectivity index (χ4v) is 7.02. The number of hydroxylamine groups is 2. The average molecular weight is 481 g/mol. The zero-order valence-corrected chi connectivity index (χ0v) is 19.4. The second-order valence-corrected chi connectivity index (χ2v) is 10.4. The van der Waals surface area contributed by atoms with E-state index in [9.17, 15) is 19.2 Å². The Morgan fingerprint density at radius 2 is 1.76 bits per heavy atom. The molecule has 2 aliphatic heterocycles. The SMILES string of the molecule is CC(=O)n1c2c(c3ccccc31)C(SCCC(=O)ON1C(=O)CCC1=O)Sc1ccccc1-2.